The van der Waals surface area contributed by atoms with Gasteiger partial charge in [-0.2, -0.15) is 20.1 Å². The topological polar surface area (TPSA) is 105 Å². The number of carbonyl (C=O) groups excluding carboxylic acids is 1. The van der Waals surface area contributed by atoms with Crippen LogP contribution < -0.4 is 15.1 Å². The zero-order valence-electron chi connectivity index (χ0n) is 14.6. The Kier molecular flexibility index (Phi) is 5.36. The van der Waals surface area contributed by atoms with Crippen LogP contribution in [0.15, 0.2) is 12.7 Å². The van der Waals surface area contributed by atoms with Crippen molar-refractivity contribution in [3.05, 3.63) is 18.5 Å². The molecule has 1 amide bonds. The minimum absolute atomic E-state index is 0.116. The molecule has 10 nitrogen and oxygen atoms in total. The lowest BCUT2D eigenvalue weighted by Gasteiger charge is -2.27. The van der Waals surface area contributed by atoms with Crippen LogP contribution >= 0.6 is 0 Å². The molecule has 1 aliphatic heterocycles. The molecular weight excluding hydrogens is 322 g/mol. The average Bonchev–Trinajstić information content (AvgIpc) is 3.13. The van der Waals surface area contributed by atoms with Gasteiger partial charge in [0, 0.05) is 27.2 Å². The van der Waals surface area contributed by atoms with Crippen LogP contribution in [0.1, 0.15) is 25.1 Å². The molecule has 1 saturated heterocycles. The molecule has 1 fully saturated rings. The van der Waals surface area contributed by atoms with Crippen LogP contribution in [0.5, 0.6) is 0 Å². The van der Waals surface area contributed by atoms with Gasteiger partial charge in [0.15, 0.2) is 5.82 Å². The number of hydrogen-bond donors (Lipinski definition) is 1. The molecule has 2 aromatic rings. The second-order valence-corrected chi connectivity index (χ2v) is 6.16. The molecule has 2 aromatic heterocycles. The molecule has 0 saturated carbocycles. The van der Waals surface area contributed by atoms with Crippen LogP contribution in [0.2, 0.25) is 0 Å². The standard InChI is InChI=1S/C15H23N9O/c1-22(2)14-19-12(8-17-13(25)9-24-11-16-10-18-24)20-15(21-14)23-6-4-3-5-7-23/h10-11H,3-9H2,1-2H3,(H,17,25). The van der Waals surface area contributed by atoms with E-state index in [0.29, 0.717) is 17.7 Å². The van der Waals surface area contributed by atoms with E-state index in [9.17, 15) is 4.79 Å². The summed E-state index contributed by atoms with van der Waals surface area (Å²) < 4.78 is 1.47. The lowest BCUT2D eigenvalue weighted by Crippen LogP contribution is -2.33. The Hall–Kier alpha value is -2.78. The third-order valence-corrected chi connectivity index (χ3v) is 3.91. The summed E-state index contributed by atoms with van der Waals surface area (Å²) in [6.45, 7) is 2.27. The number of aromatic nitrogens is 6. The van der Waals surface area contributed by atoms with Gasteiger partial charge < -0.3 is 15.1 Å². The Morgan fingerprint density at radius 3 is 2.68 bits per heavy atom. The van der Waals surface area contributed by atoms with Crippen LogP contribution in [-0.4, -0.2) is 62.8 Å². The number of anilines is 2. The second kappa shape index (κ2) is 7.86. The van der Waals surface area contributed by atoms with Crippen molar-refractivity contribution in [3.8, 4) is 0 Å². The number of carbonyl (C=O) groups is 1. The number of nitrogens with zero attached hydrogens (tertiary/aromatic N) is 8. The highest BCUT2D eigenvalue weighted by Crippen LogP contribution is 2.17. The Morgan fingerprint density at radius 2 is 2.00 bits per heavy atom. The van der Waals surface area contributed by atoms with E-state index in [-0.39, 0.29) is 19.0 Å². The zero-order valence-corrected chi connectivity index (χ0v) is 14.6. The van der Waals surface area contributed by atoms with E-state index in [0.717, 1.165) is 25.9 Å². The van der Waals surface area contributed by atoms with Gasteiger partial charge >= 0.3 is 0 Å². The third-order valence-electron chi connectivity index (χ3n) is 3.91. The molecule has 0 aliphatic carbocycles. The van der Waals surface area contributed by atoms with Crippen molar-refractivity contribution < 1.29 is 4.79 Å². The molecule has 0 radical (unpaired) electrons. The highest BCUT2D eigenvalue weighted by molar-refractivity contribution is 5.75. The summed E-state index contributed by atoms with van der Waals surface area (Å²) in [5.41, 5.74) is 0. The number of amides is 1. The predicted molar refractivity (Wildman–Crippen MR) is 92.1 cm³/mol. The number of hydrogen-bond acceptors (Lipinski definition) is 8. The van der Waals surface area contributed by atoms with Gasteiger partial charge in [-0.1, -0.05) is 0 Å². The summed E-state index contributed by atoms with van der Waals surface area (Å²) in [6, 6.07) is 0. The van der Waals surface area contributed by atoms with E-state index in [2.05, 4.69) is 35.3 Å². The fourth-order valence-corrected chi connectivity index (χ4v) is 2.60. The van der Waals surface area contributed by atoms with Crippen molar-refractivity contribution in [3.63, 3.8) is 0 Å². The summed E-state index contributed by atoms with van der Waals surface area (Å²) in [5.74, 6) is 1.65. The normalized spacial score (nSPS) is 14.4. The number of rotatable bonds is 6. The van der Waals surface area contributed by atoms with Crippen molar-refractivity contribution in [2.75, 3.05) is 37.0 Å². The molecule has 3 heterocycles. The molecule has 0 spiro atoms. The maximum Gasteiger partial charge on any atom is 0.242 e. The number of piperidine rings is 1. The Labute approximate surface area is 146 Å². The van der Waals surface area contributed by atoms with Crippen LogP contribution in [0.25, 0.3) is 0 Å². The van der Waals surface area contributed by atoms with Crippen molar-refractivity contribution >= 4 is 17.8 Å². The van der Waals surface area contributed by atoms with Crippen LogP contribution in [-0.2, 0) is 17.9 Å². The van der Waals surface area contributed by atoms with Crippen molar-refractivity contribution in [2.45, 2.75) is 32.4 Å². The van der Waals surface area contributed by atoms with Gasteiger partial charge in [0.25, 0.3) is 0 Å². The predicted octanol–water partition coefficient (Wildman–Crippen LogP) is -0.164. The first-order valence-electron chi connectivity index (χ1n) is 8.38. The molecule has 0 atom stereocenters. The van der Waals surface area contributed by atoms with E-state index in [1.165, 1.54) is 23.8 Å². The Bertz CT molecular complexity index is 695. The van der Waals surface area contributed by atoms with E-state index in [4.69, 9.17) is 0 Å². The minimum atomic E-state index is -0.170. The molecule has 0 bridgehead atoms. The van der Waals surface area contributed by atoms with Gasteiger partial charge in [-0.05, 0) is 19.3 Å². The van der Waals surface area contributed by atoms with Gasteiger partial charge in [0.1, 0.15) is 19.2 Å². The average molecular weight is 345 g/mol. The third kappa shape index (κ3) is 4.61. The first-order chi connectivity index (χ1) is 12.1. The van der Waals surface area contributed by atoms with Gasteiger partial charge in [-0.25, -0.2) is 9.67 Å². The Balaban J connectivity index is 1.68. The first-order valence-corrected chi connectivity index (χ1v) is 8.38. The van der Waals surface area contributed by atoms with Crippen molar-refractivity contribution in [1.82, 2.24) is 35.0 Å². The van der Waals surface area contributed by atoms with E-state index in [1.54, 1.807) is 0 Å². The molecule has 0 unspecified atom stereocenters. The van der Waals surface area contributed by atoms with Crippen LogP contribution in [0, 0.1) is 0 Å². The van der Waals surface area contributed by atoms with E-state index in [1.807, 2.05) is 19.0 Å². The van der Waals surface area contributed by atoms with E-state index < -0.39 is 0 Å². The van der Waals surface area contributed by atoms with Crippen LogP contribution in [0.3, 0.4) is 0 Å². The highest BCUT2D eigenvalue weighted by Gasteiger charge is 2.17. The summed E-state index contributed by atoms with van der Waals surface area (Å²) in [5, 5.41) is 6.73. The Morgan fingerprint density at radius 1 is 1.20 bits per heavy atom. The quantitative estimate of drug-likeness (QED) is 0.770. The lowest BCUT2D eigenvalue weighted by molar-refractivity contribution is -0.122. The van der Waals surface area contributed by atoms with Gasteiger partial charge in [-0.15, -0.1) is 0 Å². The SMILES string of the molecule is CN(C)c1nc(CNC(=O)Cn2cncn2)nc(N2CCCCC2)n1. The molecule has 3 rings (SSSR count). The second-order valence-electron chi connectivity index (χ2n) is 6.16. The smallest absolute Gasteiger partial charge is 0.242 e. The fourth-order valence-electron chi connectivity index (χ4n) is 2.60. The van der Waals surface area contributed by atoms with Crippen molar-refractivity contribution in [2.24, 2.45) is 0 Å². The largest absolute Gasteiger partial charge is 0.347 e. The highest BCUT2D eigenvalue weighted by atomic mass is 16.2. The molecule has 134 valence electrons. The molecule has 25 heavy (non-hydrogen) atoms. The minimum Gasteiger partial charge on any atom is -0.347 e. The monoisotopic (exact) mass is 345 g/mol. The van der Waals surface area contributed by atoms with Gasteiger partial charge in [0.05, 0.1) is 6.54 Å². The summed E-state index contributed by atoms with van der Waals surface area (Å²) in [7, 11) is 3.78. The first kappa shape index (κ1) is 17.1. The fraction of sp³-hybridized carbons (Fsp3) is 0.600. The molecular formula is C15H23N9O. The van der Waals surface area contributed by atoms with Crippen LogP contribution in [0.4, 0.5) is 11.9 Å². The molecule has 10 heteroatoms. The lowest BCUT2D eigenvalue weighted by atomic mass is 10.1. The van der Waals surface area contributed by atoms with Crippen molar-refractivity contribution in [1.29, 1.82) is 0 Å². The zero-order chi connectivity index (χ0) is 17.6. The van der Waals surface area contributed by atoms with E-state index >= 15 is 0 Å². The maximum atomic E-state index is 12.0. The number of nitrogens with one attached hydrogen (secondary N) is 1. The summed E-state index contributed by atoms with van der Waals surface area (Å²) >= 11 is 0. The van der Waals surface area contributed by atoms with Gasteiger partial charge in [0.2, 0.25) is 17.8 Å². The maximum absolute atomic E-state index is 12.0. The molecule has 1 aliphatic rings. The van der Waals surface area contributed by atoms with Gasteiger partial charge in [-0.3, -0.25) is 4.79 Å². The summed E-state index contributed by atoms with van der Waals surface area (Å²) in [6.07, 6.45) is 6.43. The molecule has 1 N–H and O–H groups in total. The summed E-state index contributed by atoms with van der Waals surface area (Å²) in [4.78, 5) is 33.3. The molecule has 0 aromatic carbocycles.